The Morgan fingerprint density at radius 3 is 2.61 bits per heavy atom. The number of rotatable bonds is 4. The molecule has 0 spiro atoms. The molecule has 0 bridgehead atoms. The van der Waals surface area contributed by atoms with Gasteiger partial charge in [0.05, 0.1) is 21.9 Å². The summed E-state index contributed by atoms with van der Waals surface area (Å²) < 4.78 is 40.2. The summed E-state index contributed by atoms with van der Waals surface area (Å²) in [7, 11) is 0. The maximum Gasteiger partial charge on any atom is 0.573 e. The lowest BCUT2D eigenvalue weighted by Crippen LogP contribution is -2.19. The van der Waals surface area contributed by atoms with Gasteiger partial charge in [0, 0.05) is 10.9 Å². The number of carbonyl (C=O) groups is 1. The van der Waals surface area contributed by atoms with Gasteiger partial charge in [-0.1, -0.05) is 15.9 Å². The Kier molecular flexibility index (Phi) is 5.20. The largest absolute Gasteiger partial charge is 0.573 e. The Bertz CT molecular complexity index is 467. The smallest absolute Gasteiger partial charge is 0.481 e. The molecule has 0 aromatic carbocycles. The molecule has 1 heterocycles. The molecule has 1 N–H and O–H groups in total. The van der Waals surface area contributed by atoms with E-state index in [-0.39, 0.29) is 14.5 Å². The first-order valence-electron chi connectivity index (χ1n) is 4.44. The highest BCUT2D eigenvalue weighted by molar-refractivity contribution is 14.1. The number of hydrogen-bond donors (Lipinski definition) is 1. The average Bonchev–Trinajstić information content (AvgIpc) is 2.22. The van der Waals surface area contributed by atoms with Gasteiger partial charge in [-0.3, -0.25) is 9.78 Å². The minimum absolute atomic E-state index is 0.0942. The fourth-order valence-corrected chi connectivity index (χ4v) is 2.42. The first-order valence-corrected chi connectivity index (χ1v) is 6.64. The summed E-state index contributed by atoms with van der Waals surface area (Å²) in [6, 6.07) is 0. The number of aliphatic carboxylic acids is 1. The summed E-state index contributed by atoms with van der Waals surface area (Å²) in [4.78, 5) is 14.4. The number of aromatic nitrogens is 1. The van der Waals surface area contributed by atoms with E-state index in [9.17, 15) is 18.0 Å². The predicted octanol–water partition coefficient (Wildman–Crippen LogP) is 3.11. The Hall–Kier alpha value is -0.580. The van der Waals surface area contributed by atoms with Crippen LogP contribution in [0.3, 0.4) is 0 Å². The van der Waals surface area contributed by atoms with Gasteiger partial charge in [-0.25, -0.2) is 0 Å². The van der Waals surface area contributed by atoms with Crippen LogP contribution in [0.1, 0.15) is 11.3 Å². The number of hydrogen-bond acceptors (Lipinski definition) is 3. The van der Waals surface area contributed by atoms with E-state index in [1.807, 2.05) is 0 Å². The van der Waals surface area contributed by atoms with Gasteiger partial charge in [0.2, 0.25) is 0 Å². The number of carboxylic acids is 1. The zero-order chi connectivity index (χ0) is 13.9. The molecule has 4 nitrogen and oxygen atoms in total. The van der Waals surface area contributed by atoms with Crippen molar-refractivity contribution in [1.29, 1.82) is 0 Å². The summed E-state index contributed by atoms with van der Waals surface area (Å²) in [5, 5.41) is 8.97. The Labute approximate surface area is 122 Å². The van der Waals surface area contributed by atoms with Crippen molar-refractivity contribution >= 4 is 44.5 Å². The van der Waals surface area contributed by atoms with E-state index in [2.05, 4.69) is 25.7 Å². The monoisotopic (exact) mass is 439 g/mol. The minimum atomic E-state index is -4.84. The van der Waals surface area contributed by atoms with Gasteiger partial charge in [0.15, 0.2) is 5.75 Å². The quantitative estimate of drug-likeness (QED) is 0.578. The molecular formula is C9H6BrF3INO3. The molecule has 1 rings (SSSR count). The maximum atomic E-state index is 12.1. The summed E-state index contributed by atoms with van der Waals surface area (Å²) in [5.74, 6) is -1.65. The van der Waals surface area contributed by atoms with Gasteiger partial charge < -0.3 is 9.84 Å². The lowest BCUT2D eigenvalue weighted by molar-refractivity contribution is -0.275. The lowest BCUT2D eigenvalue weighted by Gasteiger charge is -2.14. The molecule has 0 fully saturated rings. The number of ether oxygens (including phenoxy) is 1. The standard InChI is InChI=1S/C9H6BrF3INO3/c10-2-5-4(1-7(16)17)8(14)6(3-15-5)18-9(11,12)13/h3H,1-2H2,(H,16,17). The molecule has 100 valence electrons. The molecule has 0 aliphatic heterocycles. The molecule has 1 aromatic rings. The van der Waals surface area contributed by atoms with Crippen LogP contribution in [0.15, 0.2) is 6.20 Å². The Morgan fingerprint density at radius 1 is 1.56 bits per heavy atom. The third-order valence-electron chi connectivity index (χ3n) is 1.85. The second-order valence-corrected chi connectivity index (χ2v) is 4.75. The van der Waals surface area contributed by atoms with Gasteiger partial charge in [-0.2, -0.15) is 0 Å². The van der Waals surface area contributed by atoms with Gasteiger partial charge in [0.25, 0.3) is 0 Å². The fraction of sp³-hybridized carbons (Fsp3) is 0.333. The topological polar surface area (TPSA) is 59.4 Å². The van der Waals surface area contributed by atoms with Crippen LogP contribution in [0.4, 0.5) is 13.2 Å². The van der Waals surface area contributed by atoms with Crippen LogP contribution >= 0.6 is 38.5 Å². The number of alkyl halides is 4. The third kappa shape index (κ3) is 4.26. The predicted molar refractivity (Wildman–Crippen MR) is 67.6 cm³/mol. The molecule has 0 saturated carbocycles. The van der Waals surface area contributed by atoms with E-state index in [1.165, 1.54) is 0 Å². The lowest BCUT2D eigenvalue weighted by atomic mass is 10.1. The van der Waals surface area contributed by atoms with Crippen LogP contribution in [0, 0.1) is 3.57 Å². The molecule has 0 saturated heterocycles. The molecule has 0 amide bonds. The first-order chi connectivity index (χ1) is 8.24. The van der Waals surface area contributed by atoms with E-state index in [0.717, 1.165) is 6.20 Å². The van der Waals surface area contributed by atoms with Crippen molar-refractivity contribution in [1.82, 2.24) is 4.98 Å². The van der Waals surface area contributed by atoms with Crippen molar-refractivity contribution in [3.63, 3.8) is 0 Å². The first kappa shape index (κ1) is 15.5. The fourth-order valence-electron chi connectivity index (χ4n) is 1.19. The number of nitrogens with zero attached hydrogens (tertiary/aromatic N) is 1. The summed E-state index contributed by atoms with van der Waals surface area (Å²) in [6.07, 6.45) is -4.32. The molecular weight excluding hydrogens is 434 g/mol. The van der Waals surface area contributed by atoms with Gasteiger partial charge in [0.1, 0.15) is 0 Å². The molecule has 0 aliphatic carbocycles. The molecule has 0 atom stereocenters. The normalized spacial score (nSPS) is 11.4. The zero-order valence-electron chi connectivity index (χ0n) is 8.59. The summed E-state index contributed by atoms with van der Waals surface area (Å²) >= 11 is 4.71. The Morgan fingerprint density at radius 2 is 2.17 bits per heavy atom. The molecule has 1 aromatic heterocycles. The van der Waals surface area contributed by atoms with E-state index in [0.29, 0.717) is 5.69 Å². The minimum Gasteiger partial charge on any atom is -0.481 e. The van der Waals surface area contributed by atoms with E-state index < -0.39 is 24.5 Å². The highest BCUT2D eigenvalue weighted by atomic mass is 127. The van der Waals surface area contributed by atoms with Crippen molar-refractivity contribution in [2.75, 3.05) is 0 Å². The Balaban J connectivity index is 3.20. The second-order valence-electron chi connectivity index (χ2n) is 3.11. The number of pyridine rings is 1. The van der Waals surface area contributed by atoms with Crippen LogP contribution in [0.25, 0.3) is 0 Å². The van der Waals surface area contributed by atoms with Crippen LogP contribution < -0.4 is 4.74 Å². The molecule has 0 unspecified atom stereocenters. The summed E-state index contributed by atoms with van der Waals surface area (Å²) in [6.45, 7) is 0. The van der Waals surface area contributed by atoms with E-state index in [1.54, 1.807) is 22.6 Å². The number of halogens is 5. The van der Waals surface area contributed by atoms with E-state index in [4.69, 9.17) is 5.11 Å². The molecule has 18 heavy (non-hydrogen) atoms. The maximum absolute atomic E-state index is 12.1. The highest BCUT2D eigenvalue weighted by Gasteiger charge is 2.33. The molecule has 0 radical (unpaired) electrons. The van der Waals surface area contributed by atoms with Gasteiger partial charge in [-0.15, -0.1) is 13.2 Å². The van der Waals surface area contributed by atoms with Crippen molar-refractivity contribution in [3.8, 4) is 5.75 Å². The second kappa shape index (κ2) is 6.04. The van der Waals surface area contributed by atoms with Crippen LogP contribution in [-0.4, -0.2) is 22.4 Å². The van der Waals surface area contributed by atoms with Gasteiger partial charge >= 0.3 is 12.3 Å². The summed E-state index contributed by atoms with van der Waals surface area (Å²) in [5.41, 5.74) is 0.582. The van der Waals surface area contributed by atoms with Crippen molar-refractivity contribution in [2.45, 2.75) is 18.1 Å². The van der Waals surface area contributed by atoms with Crippen molar-refractivity contribution in [3.05, 3.63) is 21.0 Å². The molecule has 9 heteroatoms. The van der Waals surface area contributed by atoms with Crippen LogP contribution in [0.2, 0.25) is 0 Å². The zero-order valence-corrected chi connectivity index (χ0v) is 12.3. The highest BCUT2D eigenvalue weighted by Crippen LogP contribution is 2.31. The number of carboxylic acid groups (broad SMARTS) is 1. The molecule has 0 aliphatic rings. The van der Waals surface area contributed by atoms with Gasteiger partial charge in [-0.05, 0) is 22.6 Å². The van der Waals surface area contributed by atoms with Crippen LogP contribution in [-0.2, 0) is 16.5 Å². The SMILES string of the molecule is O=C(O)Cc1c(CBr)ncc(OC(F)(F)F)c1I. The van der Waals surface area contributed by atoms with Crippen molar-refractivity contribution in [2.24, 2.45) is 0 Å². The van der Waals surface area contributed by atoms with Crippen molar-refractivity contribution < 1.29 is 27.8 Å². The third-order valence-corrected chi connectivity index (χ3v) is 3.56. The average molecular weight is 440 g/mol. The van der Waals surface area contributed by atoms with E-state index >= 15 is 0 Å². The van der Waals surface area contributed by atoms with Crippen LogP contribution in [0.5, 0.6) is 5.75 Å².